The normalized spacial score (nSPS) is 11.7. The molecule has 0 saturated heterocycles. The summed E-state index contributed by atoms with van der Waals surface area (Å²) >= 11 is 5.56. The van der Waals surface area contributed by atoms with Crippen LogP contribution in [0.15, 0.2) is 45.3 Å². The first-order valence-electron chi connectivity index (χ1n) is 5.88. The van der Waals surface area contributed by atoms with Gasteiger partial charge in [-0.1, -0.05) is 31.9 Å². The van der Waals surface area contributed by atoms with Crippen LogP contribution >= 0.6 is 31.9 Å². The topological polar surface area (TPSA) is 57.2 Å². The molecule has 0 aromatic heterocycles. The summed E-state index contributed by atoms with van der Waals surface area (Å²) in [6, 6.07) is 9.77. The summed E-state index contributed by atoms with van der Waals surface area (Å²) in [4.78, 5) is 0. The number of hydrogen-bond donors (Lipinski definition) is 0. The van der Waals surface area contributed by atoms with Gasteiger partial charge in [0.15, 0.2) is 21.8 Å². The standard InChI is InChI=1S/C12H6Br2F2I.CHF3O3S/c13-7-1-3-11(9(15)5-7)17-12-4-2-8(14)6-10(12)16;2-1(3,4)8(5,6)7/h1-6H;(H,5,6,7)/q+1;/p-1. The van der Waals surface area contributed by atoms with E-state index in [2.05, 4.69) is 31.9 Å². The van der Waals surface area contributed by atoms with Gasteiger partial charge in [-0.2, -0.15) is 13.2 Å². The van der Waals surface area contributed by atoms with E-state index in [1.165, 1.54) is 12.1 Å². The molecule has 0 aliphatic heterocycles. The lowest BCUT2D eigenvalue weighted by atomic mass is 10.4. The molecular formula is C13H6Br2F5IO3S. The first kappa shape index (κ1) is 22.7. The van der Waals surface area contributed by atoms with Gasteiger partial charge in [0, 0.05) is 8.95 Å². The van der Waals surface area contributed by atoms with Crippen LogP contribution in [0.4, 0.5) is 22.0 Å². The number of benzene rings is 2. The molecule has 0 N–H and O–H groups in total. The maximum absolute atomic E-state index is 13.6. The summed E-state index contributed by atoms with van der Waals surface area (Å²) in [5.74, 6) is -0.566. The van der Waals surface area contributed by atoms with Gasteiger partial charge in [-0.05, 0) is 36.4 Å². The third-order valence-corrected chi connectivity index (χ3v) is 6.72. The van der Waals surface area contributed by atoms with Gasteiger partial charge in [-0.15, -0.1) is 0 Å². The molecule has 0 heterocycles. The quantitative estimate of drug-likeness (QED) is 0.168. The Morgan fingerprint density at radius 1 is 0.880 bits per heavy atom. The highest BCUT2D eigenvalue weighted by molar-refractivity contribution is 9.10. The Kier molecular flexibility index (Phi) is 8.24. The minimum absolute atomic E-state index is 0.283. The van der Waals surface area contributed by atoms with Crippen molar-refractivity contribution in [2.24, 2.45) is 0 Å². The van der Waals surface area contributed by atoms with E-state index < -0.39 is 36.8 Å². The van der Waals surface area contributed by atoms with Crippen molar-refractivity contribution < 1.29 is 56.1 Å². The van der Waals surface area contributed by atoms with E-state index in [1.54, 1.807) is 24.3 Å². The molecule has 25 heavy (non-hydrogen) atoms. The third kappa shape index (κ3) is 7.45. The fraction of sp³-hybridized carbons (Fsp3) is 0.0769. The molecule has 0 spiro atoms. The van der Waals surface area contributed by atoms with Gasteiger partial charge in [0.1, 0.15) is 0 Å². The third-order valence-electron chi connectivity index (χ3n) is 2.25. The lowest BCUT2D eigenvalue weighted by molar-refractivity contribution is -0.603. The largest absolute Gasteiger partial charge is 0.741 e. The first-order chi connectivity index (χ1) is 11.3. The molecule has 2 rings (SSSR count). The van der Waals surface area contributed by atoms with Crippen molar-refractivity contribution in [2.75, 3.05) is 0 Å². The van der Waals surface area contributed by atoms with E-state index in [9.17, 15) is 22.0 Å². The Morgan fingerprint density at radius 2 is 1.20 bits per heavy atom. The van der Waals surface area contributed by atoms with Crippen LogP contribution in [0.25, 0.3) is 0 Å². The van der Waals surface area contributed by atoms with E-state index in [4.69, 9.17) is 13.0 Å². The predicted molar refractivity (Wildman–Crippen MR) is 81.3 cm³/mol. The summed E-state index contributed by atoms with van der Waals surface area (Å²) in [6.45, 7) is 0. The van der Waals surface area contributed by atoms with E-state index >= 15 is 0 Å². The summed E-state index contributed by atoms with van der Waals surface area (Å²) in [5, 5.41) is 0. The Labute approximate surface area is 166 Å². The van der Waals surface area contributed by atoms with E-state index in [0.717, 1.165) is 0 Å². The zero-order valence-electron chi connectivity index (χ0n) is 11.6. The van der Waals surface area contributed by atoms with Crippen molar-refractivity contribution in [3.05, 3.63) is 64.1 Å². The van der Waals surface area contributed by atoms with Crippen LogP contribution in [0.1, 0.15) is 0 Å². The second-order valence-electron chi connectivity index (χ2n) is 4.11. The lowest BCUT2D eigenvalue weighted by Crippen LogP contribution is -3.62. The molecule has 0 amide bonds. The molecule has 0 fully saturated rings. The number of alkyl halides is 3. The minimum Gasteiger partial charge on any atom is -0.741 e. The Morgan fingerprint density at radius 3 is 1.44 bits per heavy atom. The molecule has 0 saturated carbocycles. The molecule has 2 aromatic rings. The summed E-state index contributed by atoms with van der Waals surface area (Å²) in [6.07, 6.45) is 0. The van der Waals surface area contributed by atoms with Crippen LogP contribution in [-0.2, 0) is 10.1 Å². The molecule has 0 aliphatic carbocycles. The maximum atomic E-state index is 13.6. The zero-order valence-corrected chi connectivity index (χ0v) is 17.8. The number of hydrogen-bond acceptors (Lipinski definition) is 3. The highest BCUT2D eigenvalue weighted by Gasteiger charge is 2.36. The van der Waals surface area contributed by atoms with E-state index in [1.807, 2.05) is 0 Å². The SMILES string of the molecule is Fc1cc(Br)ccc1[I+]c1ccc(Br)cc1F.O=S(=O)([O-])C(F)(F)F. The van der Waals surface area contributed by atoms with Crippen molar-refractivity contribution >= 4 is 42.0 Å². The molecule has 0 unspecified atom stereocenters. The van der Waals surface area contributed by atoms with Gasteiger partial charge in [0.25, 0.3) is 0 Å². The predicted octanol–water partition coefficient (Wildman–Crippen LogP) is 1.67. The average molecular weight is 624 g/mol. The maximum Gasteiger partial charge on any atom is 0.485 e. The van der Waals surface area contributed by atoms with Gasteiger partial charge >= 0.3 is 26.7 Å². The zero-order chi connectivity index (χ0) is 19.4. The highest BCUT2D eigenvalue weighted by atomic mass is 127. The molecular weight excluding hydrogens is 618 g/mol. The molecule has 2 aromatic carbocycles. The van der Waals surface area contributed by atoms with Crippen LogP contribution in [0.3, 0.4) is 0 Å². The van der Waals surface area contributed by atoms with Crippen LogP contribution < -0.4 is 21.2 Å². The van der Waals surface area contributed by atoms with Crippen LogP contribution in [0.5, 0.6) is 0 Å². The Balaban J connectivity index is 0.000000333. The average Bonchev–Trinajstić information content (AvgIpc) is 2.43. The van der Waals surface area contributed by atoms with Gasteiger partial charge in [0.05, 0.1) is 0 Å². The summed E-state index contributed by atoms with van der Waals surface area (Å²) in [5.41, 5.74) is -5.65. The second-order valence-corrected chi connectivity index (χ2v) is 10.2. The van der Waals surface area contributed by atoms with Crippen molar-refractivity contribution in [3.8, 4) is 0 Å². The van der Waals surface area contributed by atoms with Crippen LogP contribution in [-0.4, -0.2) is 18.5 Å². The molecule has 0 radical (unpaired) electrons. The highest BCUT2D eigenvalue weighted by Crippen LogP contribution is 2.20. The Bertz CT molecular complexity index is 810. The van der Waals surface area contributed by atoms with Gasteiger partial charge in [-0.3, -0.25) is 0 Å². The second kappa shape index (κ2) is 9.06. The van der Waals surface area contributed by atoms with Crippen molar-refractivity contribution in [2.45, 2.75) is 5.51 Å². The number of halogens is 8. The number of rotatable bonds is 2. The monoisotopic (exact) mass is 622 g/mol. The summed E-state index contributed by atoms with van der Waals surface area (Å²) < 4.78 is 88.7. The van der Waals surface area contributed by atoms with Gasteiger partial charge in [0.2, 0.25) is 7.14 Å². The fourth-order valence-electron chi connectivity index (χ4n) is 1.20. The Hall–Kier alpha value is -0.310. The molecule has 138 valence electrons. The van der Waals surface area contributed by atoms with E-state index in [-0.39, 0.29) is 11.6 Å². The smallest absolute Gasteiger partial charge is 0.485 e. The first-order valence-corrected chi connectivity index (χ1v) is 11.0. The molecule has 0 aliphatic rings. The van der Waals surface area contributed by atoms with Crippen molar-refractivity contribution in [1.82, 2.24) is 0 Å². The van der Waals surface area contributed by atoms with Crippen LogP contribution in [0, 0.1) is 18.8 Å². The molecule has 3 nitrogen and oxygen atoms in total. The molecule has 0 atom stereocenters. The fourth-order valence-corrected chi connectivity index (χ4v) is 4.04. The molecule has 0 bridgehead atoms. The van der Waals surface area contributed by atoms with Crippen molar-refractivity contribution in [1.29, 1.82) is 0 Å². The van der Waals surface area contributed by atoms with E-state index in [0.29, 0.717) is 16.1 Å². The summed E-state index contributed by atoms with van der Waals surface area (Å²) in [7, 11) is -6.09. The molecule has 12 heteroatoms. The van der Waals surface area contributed by atoms with Gasteiger partial charge < -0.3 is 4.55 Å². The minimum atomic E-state index is -6.09. The van der Waals surface area contributed by atoms with Crippen molar-refractivity contribution in [3.63, 3.8) is 0 Å². The van der Waals surface area contributed by atoms with Gasteiger partial charge in [-0.25, -0.2) is 17.2 Å². The van der Waals surface area contributed by atoms with Crippen LogP contribution in [0.2, 0.25) is 0 Å². The lowest BCUT2D eigenvalue weighted by Gasteiger charge is -2.08.